The first-order chi connectivity index (χ1) is 11.1. The summed E-state index contributed by atoms with van der Waals surface area (Å²) in [6.45, 7) is 0.529. The predicted octanol–water partition coefficient (Wildman–Crippen LogP) is 3.54. The molecule has 23 heavy (non-hydrogen) atoms. The molecule has 3 rings (SSSR count). The zero-order valence-corrected chi connectivity index (χ0v) is 13.8. The van der Waals surface area contributed by atoms with E-state index < -0.39 is 0 Å². The van der Waals surface area contributed by atoms with E-state index in [-0.39, 0.29) is 12.3 Å². The molecular weight excluding hydrogens is 333 g/mol. The molecule has 0 spiro atoms. The fourth-order valence-electron chi connectivity index (χ4n) is 2.34. The Labute approximate surface area is 144 Å². The second kappa shape index (κ2) is 7.02. The molecular formula is C17H15Cl2N3O. The molecule has 2 aromatic heterocycles. The number of carbonyl (C=O) groups excluding carboxylic acids is 1. The van der Waals surface area contributed by atoms with Crippen LogP contribution in [0.1, 0.15) is 11.3 Å². The summed E-state index contributed by atoms with van der Waals surface area (Å²) >= 11 is 12.0. The number of hydrogen-bond donors (Lipinski definition) is 1. The second-order valence-corrected chi connectivity index (χ2v) is 6.06. The van der Waals surface area contributed by atoms with Crippen molar-refractivity contribution in [1.29, 1.82) is 0 Å². The summed E-state index contributed by atoms with van der Waals surface area (Å²) in [6, 6.07) is 11.0. The van der Waals surface area contributed by atoms with Gasteiger partial charge in [-0.2, -0.15) is 0 Å². The maximum absolute atomic E-state index is 12.0. The summed E-state index contributed by atoms with van der Waals surface area (Å²) in [5, 5.41) is 4.16. The number of fused-ring (bicyclic) bond motifs is 1. The average molecular weight is 348 g/mol. The Hall–Kier alpha value is -2.04. The molecule has 0 atom stereocenters. The van der Waals surface area contributed by atoms with E-state index in [1.54, 1.807) is 12.1 Å². The highest BCUT2D eigenvalue weighted by Crippen LogP contribution is 2.15. The standard InChI is InChI=1S/C17H15Cl2N3O/c18-13-5-6-16-21-14(11-22(16)10-13)7-8-20-17(23)9-12-3-1-2-4-15(12)19/h1-6,10-11H,7-9H2,(H,20,23). The van der Waals surface area contributed by atoms with Gasteiger partial charge in [0.1, 0.15) is 5.65 Å². The molecule has 2 heterocycles. The Kier molecular flexibility index (Phi) is 4.84. The Morgan fingerprint density at radius 2 is 1.96 bits per heavy atom. The number of carbonyl (C=O) groups is 1. The molecule has 0 saturated carbocycles. The molecule has 0 unspecified atom stereocenters. The molecule has 3 aromatic rings. The molecule has 0 aliphatic carbocycles. The number of halogens is 2. The van der Waals surface area contributed by atoms with Crippen LogP contribution >= 0.6 is 23.2 Å². The van der Waals surface area contributed by atoms with Crippen LogP contribution < -0.4 is 5.32 Å². The van der Waals surface area contributed by atoms with Gasteiger partial charge < -0.3 is 9.72 Å². The summed E-state index contributed by atoms with van der Waals surface area (Å²) in [4.78, 5) is 16.4. The molecule has 0 saturated heterocycles. The minimum atomic E-state index is -0.0510. The number of pyridine rings is 1. The van der Waals surface area contributed by atoms with E-state index in [9.17, 15) is 4.79 Å². The summed E-state index contributed by atoms with van der Waals surface area (Å²) in [7, 11) is 0. The van der Waals surface area contributed by atoms with Gasteiger partial charge in [-0.15, -0.1) is 0 Å². The topological polar surface area (TPSA) is 46.4 Å². The average Bonchev–Trinajstić information content (AvgIpc) is 2.91. The number of rotatable bonds is 5. The highest BCUT2D eigenvalue weighted by atomic mass is 35.5. The third-order valence-electron chi connectivity index (χ3n) is 3.48. The van der Waals surface area contributed by atoms with Gasteiger partial charge in [0.15, 0.2) is 0 Å². The number of benzene rings is 1. The van der Waals surface area contributed by atoms with Gasteiger partial charge in [0.25, 0.3) is 0 Å². The van der Waals surface area contributed by atoms with Crippen molar-refractivity contribution in [2.45, 2.75) is 12.8 Å². The number of nitrogens with one attached hydrogen (secondary N) is 1. The zero-order chi connectivity index (χ0) is 16.2. The van der Waals surface area contributed by atoms with Crippen molar-refractivity contribution in [3.8, 4) is 0 Å². The Morgan fingerprint density at radius 3 is 2.78 bits per heavy atom. The van der Waals surface area contributed by atoms with Crippen LogP contribution in [0.2, 0.25) is 10.0 Å². The van der Waals surface area contributed by atoms with Gasteiger partial charge >= 0.3 is 0 Å². The highest BCUT2D eigenvalue weighted by Gasteiger charge is 2.07. The van der Waals surface area contributed by atoms with Gasteiger partial charge in [0.05, 0.1) is 17.1 Å². The maximum Gasteiger partial charge on any atom is 0.224 e. The van der Waals surface area contributed by atoms with E-state index in [0.29, 0.717) is 23.0 Å². The molecule has 0 bridgehead atoms. The molecule has 4 nitrogen and oxygen atoms in total. The summed E-state index contributed by atoms with van der Waals surface area (Å²) < 4.78 is 1.88. The smallest absolute Gasteiger partial charge is 0.224 e. The van der Waals surface area contributed by atoms with Crippen molar-refractivity contribution in [1.82, 2.24) is 14.7 Å². The summed E-state index contributed by atoms with van der Waals surface area (Å²) in [5.74, 6) is -0.0510. The van der Waals surface area contributed by atoms with Crippen molar-refractivity contribution in [2.24, 2.45) is 0 Å². The molecule has 1 N–H and O–H groups in total. The number of aromatic nitrogens is 2. The van der Waals surface area contributed by atoms with Crippen LogP contribution in [-0.4, -0.2) is 21.8 Å². The van der Waals surface area contributed by atoms with Gasteiger partial charge in [-0.05, 0) is 23.8 Å². The Balaban J connectivity index is 1.54. The molecule has 6 heteroatoms. The number of hydrogen-bond acceptors (Lipinski definition) is 2. The van der Waals surface area contributed by atoms with E-state index in [4.69, 9.17) is 23.2 Å². The zero-order valence-electron chi connectivity index (χ0n) is 12.3. The molecule has 0 radical (unpaired) electrons. The SMILES string of the molecule is O=C(Cc1ccccc1Cl)NCCc1cn2cc(Cl)ccc2n1. The van der Waals surface area contributed by atoms with Gasteiger partial charge in [0.2, 0.25) is 5.91 Å². The highest BCUT2D eigenvalue weighted by molar-refractivity contribution is 6.31. The van der Waals surface area contributed by atoms with Crippen LogP contribution in [0.15, 0.2) is 48.8 Å². The molecule has 0 fully saturated rings. The van der Waals surface area contributed by atoms with Crippen LogP contribution in [-0.2, 0) is 17.6 Å². The van der Waals surface area contributed by atoms with Gasteiger partial charge in [-0.25, -0.2) is 4.98 Å². The van der Waals surface area contributed by atoms with E-state index in [2.05, 4.69) is 10.3 Å². The second-order valence-electron chi connectivity index (χ2n) is 5.21. The first kappa shape index (κ1) is 15.8. The van der Waals surface area contributed by atoms with E-state index in [0.717, 1.165) is 16.9 Å². The molecule has 1 aromatic carbocycles. The van der Waals surface area contributed by atoms with E-state index >= 15 is 0 Å². The van der Waals surface area contributed by atoms with Crippen LogP contribution in [0.4, 0.5) is 0 Å². The van der Waals surface area contributed by atoms with Crippen LogP contribution in [0.5, 0.6) is 0 Å². The third kappa shape index (κ3) is 4.03. The van der Waals surface area contributed by atoms with Gasteiger partial charge in [-0.1, -0.05) is 41.4 Å². The van der Waals surface area contributed by atoms with Crippen molar-refractivity contribution >= 4 is 34.8 Å². The minimum absolute atomic E-state index is 0.0510. The molecule has 0 aliphatic rings. The lowest BCUT2D eigenvalue weighted by Crippen LogP contribution is -2.27. The molecule has 118 valence electrons. The first-order valence-corrected chi connectivity index (χ1v) is 8.00. The largest absolute Gasteiger partial charge is 0.355 e. The van der Waals surface area contributed by atoms with E-state index in [1.807, 2.05) is 41.1 Å². The lowest BCUT2D eigenvalue weighted by Gasteiger charge is -2.05. The number of amides is 1. The molecule has 0 aliphatic heterocycles. The predicted molar refractivity (Wildman–Crippen MR) is 92.1 cm³/mol. The third-order valence-corrected chi connectivity index (χ3v) is 4.07. The monoisotopic (exact) mass is 347 g/mol. The van der Waals surface area contributed by atoms with Gasteiger partial charge in [-0.3, -0.25) is 4.79 Å². The van der Waals surface area contributed by atoms with Crippen LogP contribution in [0.25, 0.3) is 5.65 Å². The Morgan fingerprint density at radius 1 is 1.13 bits per heavy atom. The lowest BCUT2D eigenvalue weighted by molar-refractivity contribution is -0.120. The molecule has 1 amide bonds. The maximum atomic E-state index is 12.0. The summed E-state index contributed by atoms with van der Waals surface area (Å²) in [5.41, 5.74) is 2.58. The van der Waals surface area contributed by atoms with Crippen molar-refractivity contribution < 1.29 is 4.79 Å². The van der Waals surface area contributed by atoms with Crippen molar-refractivity contribution in [2.75, 3.05) is 6.54 Å². The fourth-order valence-corrected chi connectivity index (χ4v) is 2.72. The van der Waals surface area contributed by atoms with Crippen LogP contribution in [0, 0.1) is 0 Å². The van der Waals surface area contributed by atoms with E-state index in [1.165, 1.54) is 0 Å². The van der Waals surface area contributed by atoms with Crippen LogP contribution in [0.3, 0.4) is 0 Å². The number of imidazole rings is 1. The summed E-state index contributed by atoms with van der Waals surface area (Å²) in [6.07, 6.45) is 4.67. The fraction of sp³-hybridized carbons (Fsp3) is 0.176. The van der Waals surface area contributed by atoms with Gasteiger partial charge in [0, 0.05) is 30.4 Å². The quantitative estimate of drug-likeness (QED) is 0.767. The first-order valence-electron chi connectivity index (χ1n) is 7.25. The normalized spacial score (nSPS) is 10.9. The number of nitrogens with zero attached hydrogens (tertiary/aromatic N) is 2. The minimum Gasteiger partial charge on any atom is -0.355 e. The Bertz CT molecular complexity index is 845. The lowest BCUT2D eigenvalue weighted by atomic mass is 10.1. The van der Waals surface area contributed by atoms with Crippen molar-refractivity contribution in [3.05, 3.63) is 70.1 Å². The van der Waals surface area contributed by atoms with Crippen molar-refractivity contribution in [3.63, 3.8) is 0 Å².